The largest absolute Gasteiger partial charge is 0.337 e. The normalized spacial score (nSPS) is 21.4. The molecular weight excluding hydrogens is 346 g/mol. The molecule has 0 unspecified atom stereocenters. The zero-order valence-corrected chi connectivity index (χ0v) is 15.5. The summed E-state index contributed by atoms with van der Waals surface area (Å²) in [5.74, 6) is 1.14. The quantitative estimate of drug-likeness (QED) is 0.865. The van der Waals surface area contributed by atoms with Crippen LogP contribution in [0.15, 0.2) is 28.8 Å². The first-order valence-corrected chi connectivity index (χ1v) is 9.26. The highest BCUT2D eigenvalue weighted by molar-refractivity contribution is 6.06. The molecule has 1 spiro atoms. The zero-order chi connectivity index (χ0) is 19.0. The molecular formula is C19H23N5O3. The maximum atomic E-state index is 12.7. The van der Waals surface area contributed by atoms with Crippen molar-refractivity contribution in [3.05, 3.63) is 41.5 Å². The number of anilines is 1. The Morgan fingerprint density at radius 1 is 1.41 bits per heavy atom. The first-order valence-electron chi connectivity index (χ1n) is 9.26. The van der Waals surface area contributed by atoms with Crippen LogP contribution < -0.4 is 10.6 Å². The minimum absolute atomic E-state index is 0.0281. The van der Waals surface area contributed by atoms with Gasteiger partial charge in [-0.25, -0.2) is 4.79 Å². The van der Waals surface area contributed by atoms with Crippen LogP contribution in [0.1, 0.15) is 49.9 Å². The Hall–Kier alpha value is -2.90. The van der Waals surface area contributed by atoms with Gasteiger partial charge in [-0.05, 0) is 24.5 Å². The number of para-hydroxylation sites is 1. The number of amides is 3. The number of rotatable bonds is 3. The molecule has 1 atom stereocenters. The van der Waals surface area contributed by atoms with E-state index < -0.39 is 5.41 Å². The van der Waals surface area contributed by atoms with Crippen molar-refractivity contribution >= 4 is 17.6 Å². The molecule has 1 aromatic heterocycles. The van der Waals surface area contributed by atoms with Crippen molar-refractivity contribution in [1.82, 2.24) is 20.4 Å². The third-order valence-corrected chi connectivity index (χ3v) is 5.30. The van der Waals surface area contributed by atoms with Crippen LogP contribution in [0.3, 0.4) is 0 Å². The summed E-state index contributed by atoms with van der Waals surface area (Å²) in [6.07, 6.45) is 1.51. The van der Waals surface area contributed by atoms with E-state index in [-0.39, 0.29) is 24.4 Å². The molecule has 1 aromatic carbocycles. The summed E-state index contributed by atoms with van der Waals surface area (Å²) in [6.45, 7) is 5.10. The molecule has 0 radical (unpaired) electrons. The van der Waals surface area contributed by atoms with Crippen LogP contribution in [-0.4, -0.2) is 40.1 Å². The summed E-state index contributed by atoms with van der Waals surface area (Å²) in [7, 11) is 0. The molecule has 8 nitrogen and oxygen atoms in total. The van der Waals surface area contributed by atoms with Crippen molar-refractivity contribution in [3.63, 3.8) is 0 Å². The van der Waals surface area contributed by atoms with Gasteiger partial charge in [-0.3, -0.25) is 4.79 Å². The molecule has 2 N–H and O–H groups in total. The van der Waals surface area contributed by atoms with Crippen molar-refractivity contribution in [3.8, 4) is 0 Å². The van der Waals surface area contributed by atoms with Crippen LogP contribution in [0.5, 0.6) is 0 Å². The molecule has 27 heavy (non-hydrogen) atoms. The Kier molecular flexibility index (Phi) is 4.33. The van der Waals surface area contributed by atoms with Crippen LogP contribution >= 0.6 is 0 Å². The van der Waals surface area contributed by atoms with Crippen LogP contribution in [0.2, 0.25) is 0 Å². The Labute approximate surface area is 157 Å². The van der Waals surface area contributed by atoms with Crippen molar-refractivity contribution in [2.24, 2.45) is 0 Å². The van der Waals surface area contributed by atoms with Gasteiger partial charge in [0.1, 0.15) is 0 Å². The average Bonchev–Trinajstić information content (AvgIpc) is 3.24. The topological polar surface area (TPSA) is 100 Å². The fourth-order valence-corrected chi connectivity index (χ4v) is 3.85. The van der Waals surface area contributed by atoms with Crippen LogP contribution in [0.4, 0.5) is 10.5 Å². The van der Waals surface area contributed by atoms with Crippen LogP contribution in [-0.2, 0) is 16.8 Å². The number of aromatic nitrogens is 2. The van der Waals surface area contributed by atoms with Crippen molar-refractivity contribution in [2.45, 2.75) is 44.6 Å². The average molecular weight is 369 g/mol. The van der Waals surface area contributed by atoms with E-state index in [1.807, 2.05) is 38.1 Å². The first kappa shape index (κ1) is 17.5. The second-order valence-electron chi connectivity index (χ2n) is 7.47. The van der Waals surface area contributed by atoms with Crippen LogP contribution in [0, 0.1) is 0 Å². The summed E-state index contributed by atoms with van der Waals surface area (Å²) in [5, 5.41) is 9.68. The molecule has 4 rings (SSSR count). The highest BCUT2D eigenvalue weighted by atomic mass is 16.5. The van der Waals surface area contributed by atoms with E-state index in [1.165, 1.54) is 0 Å². The second-order valence-corrected chi connectivity index (χ2v) is 7.47. The van der Waals surface area contributed by atoms with Gasteiger partial charge in [-0.15, -0.1) is 0 Å². The van der Waals surface area contributed by atoms with Gasteiger partial charge in [0, 0.05) is 24.7 Å². The van der Waals surface area contributed by atoms with Gasteiger partial charge in [0.25, 0.3) is 0 Å². The molecule has 2 aliphatic rings. The summed E-state index contributed by atoms with van der Waals surface area (Å²) in [5.41, 5.74) is 1.16. The molecule has 0 saturated carbocycles. The predicted octanol–water partition coefficient (Wildman–Crippen LogP) is 2.39. The Morgan fingerprint density at radius 2 is 2.22 bits per heavy atom. The fraction of sp³-hybridized carbons (Fsp3) is 0.474. The Morgan fingerprint density at radius 3 is 3.00 bits per heavy atom. The van der Waals surface area contributed by atoms with Crippen molar-refractivity contribution in [2.75, 3.05) is 18.4 Å². The third kappa shape index (κ3) is 3.05. The van der Waals surface area contributed by atoms with E-state index in [0.29, 0.717) is 24.8 Å². The molecule has 8 heteroatoms. The highest BCUT2D eigenvalue weighted by Gasteiger charge is 2.49. The summed E-state index contributed by atoms with van der Waals surface area (Å²) < 4.78 is 5.16. The lowest BCUT2D eigenvalue weighted by Gasteiger charge is -2.38. The molecule has 142 valence electrons. The molecule has 2 aromatic rings. The van der Waals surface area contributed by atoms with Gasteiger partial charge in [0.15, 0.2) is 5.82 Å². The number of hydrogen-bond acceptors (Lipinski definition) is 5. The smallest absolute Gasteiger partial charge is 0.317 e. The van der Waals surface area contributed by atoms with Crippen molar-refractivity contribution in [1.29, 1.82) is 0 Å². The number of likely N-dealkylation sites (tertiary alicyclic amines) is 1. The van der Waals surface area contributed by atoms with Crippen molar-refractivity contribution < 1.29 is 14.1 Å². The van der Waals surface area contributed by atoms with E-state index in [1.54, 1.807) is 4.90 Å². The molecule has 3 heterocycles. The number of carbonyl (C=O) groups is 2. The Balaban J connectivity index is 1.45. The molecule has 0 aliphatic carbocycles. The number of piperidine rings is 1. The third-order valence-electron chi connectivity index (χ3n) is 5.30. The minimum Gasteiger partial charge on any atom is -0.337 e. The number of fused-ring (bicyclic) bond motifs is 2. The Bertz CT molecular complexity index is 878. The van der Waals surface area contributed by atoms with Crippen LogP contribution in [0.25, 0.3) is 0 Å². The predicted molar refractivity (Wildman–Crippen MR) is 98.2 cm³/mol. The summed E-state index contributed by atoms with van der Waals surface area (Å²) in [4.78, 5) is 31.3. The number of nitrogens with zero attached hydrogens (tertiary/aromatic N) is 3. The zero-order valence-electron chi connectivity index (χ0n) is 15.5. The van der Waals surface area contributed by atoms with E-state index in [9.17, 15) is 9.59 Å². The SMILES string of the molecule is CC(C)c1noc(CNC(=O)N2CCC[C@]3(C2)C(=O)Nc2ccccc23)n1. The van der Waals surface area contributed by atoms with Gasteiger partial charge in [0.2, 0.25) is 11.8 Å². The van der Waals surface area contributed by atoms with Gasteiger partial charge in [-0.2, -0.15) is 4.98 Å². The number of urea groups is 1. The summed E-state index contributed by atoms with van der Waals surface area (Å²) in [6, 6.07) is 7.49. The number of nitrogens with one attached hydrogen (secondary N) is 2. The van der Waals surface area contributed by atoms with E-state index in [2.05, 4.69) is 20.8 Å². The molecule has 3 amide bonds. The standard InChI is InChI=1S/C19H23N5O3/c1-12(2)16-22-15(27-23-16)10-20-18(26)24-9-5-8-19(11-24)13-6-3-4-7-14(13)21-17(19)25/h3-4,6-7,12H,5,8-11H2,1-2H3,(H,20,26)(H,21,25)/t19-/m1/s1. The number of hydrogen-bond donors (Lipinski definition) is 2. The second kappa shape index (κ2) is 6.68. The lowest BCUT2D eigenvalue weighted by Crippen LogP contribution is -2.54. The van der Waals surface area contributed by atoms with Gasteiger partial charge in [0.05, 0.1) is 12.0 Å². The van der Waals surface area contributed by atoms with E-state index in [0.717, 1.165) is 24.1 Å². The molecule has 2 aliphatic heterocycles. The fourth-order valence-electron chi connectivity index (χ4n) is 3.85. The van der Waals surface area contributed by atoms with Gasteiger partial charge in [-0.1, -0.05) is 37.2 Å². The summed E-state index contributed by atoms with van der Waals surface area (Å²) >= 11 is 0. The first-order chi connectivity index (χ1) is 13.0. The minimum atomic E-state index is -0.665. The maximum absolute atomic E-state index is 12.7. The monoisotopic (exact) mass is 369 g/mol. The lowest BCUT2D eigenvalue weighted by atomic mass is 9.75. The number of benzene rings is 1. The van der Waals surface area contributed by atoms with E-state index >= 15 is 0 Å². The lowest BCUT2D eigenvalue weighted by molar-refractivity contribution is -0.122. The highest BCUT2D eigenvalue weighted by Crippen LogP contribution is 2.43. The van der Waals surface area contributed by atoms with Gasteiger partial charge < -0.3 is 20.1 Å². The molecule has 1 fully saturated rings. The number of carbonyl (C=O) groups excluding carboxylic acids is 2. The maximum Gasteiger partial charge on any atom is 0.317 e. The van der Waals surface area contributed by atoms with Gasteiger partial charge >= 0.3 is 6.03 Å². The molecule has 1 saturated heterocycles. The van der Waals surface area contributed by atoms with E-state index in [4.69, 9.17) is 4.52 Å². The molecule has 0 bridgehead atoms.